The first kappa shape index (κ1) is 14.6. The molecule has 0 aromatic heterocycles. The van der Waals surface area contributed by atoms with E-state index in [1.807, 2.05) is 41.5 Å². The van der Waals surface area contributed by atoms with Crippen molar-refractivity contribution >= 4 is 6.29 Å². The van der Waals surface area contributed by atoms with Gasteiger partial charge in [0.1, 0.15) is 11.5 Å². The van der Waals surface area contributed by atoms with Crippen LogP contribution in [0.25, 0.3) is 0 Å². The first-order chi connectivity index (χ1) is 8.00. The zero-order valence-corrected chi connectivity index (χ0v) is 12.0. The van der Waals surface area contributed by atoms with Gasteiger partial charge in [0.25, 0.3) is 0 Å². The summed E-state index contributed by atoms with van der Waals surface area (Å²) >= 11 is 0. The molecule has 0 aliphatic rings. The Bertz CT molecular complexity index is 474. The SMILES string of the molecule is CC(C)(C)c1cc(O)c(C=O)c(C(C)(C)C)c1O. The Balaban J connectivity index is 3.77. The van der Waals surface area contributed by atoms with Gasteiger partial charge in [-0.15, -0.1) is 0 Å². The van der Waals surface area contributed by atoms with Crippen molar-refractivity contribution in [1.29, 1.82) is 0 Å². The summed E-state index contributed by atoms with van der Waals surface area (Å²) in [6, 6.07) is 1.48. The second-order valence-electron chi connectivity index (χ2n) is 6.70. The van der Waals surface area contributed by atoms with Crippen molar-refractivity contribution in [2.45, 2.75) is 52.4 Å². The van der Waals surface area contributed by atoms with E-state index >= 15 is 0 Å². The number of benzene rings is 1. The molecule has 0 aliphatic carbocycles. The molecule has 0 fully saturated rings. The average Bonchev–Trinajstić information content (AvgIpc) is 2.16. The van der Waals surface area contributed by atoms with Crippen molar-refractivity contribution in [2.24, 2.45) is 0 Å². The fourth-order valence-corrected chi connectivity index (χ4v) is 2.12. The van der Waals surface area contributed by atoms with E-state index in [4.69, 9.17) is 0 Å². The zero-order chi connectivity index (χ0) is 14.3. The van der Waals surface area contributed by atoms with Crippen molar-refractivity contribution in [2.75, 3.05) is 0 Å². The van der Waals surface area contributed by atoms with Crippen molar-refractivity contribution in [1.82, 2.24) is 0 Å². The molecule has 100 valence electrons. The minimum atomic E-state index is -0.418. The van der Waals surface area contributed by atoms with Crippen molar-refractivity contribution < 1.29 is 15.0 Å². The van der Waals surface area contributed by atoms with Gasteiger partial charge in [-0.1, -0.05) is 41.5 Å². The van der Waals surface area contributed by atoms with E-state index in [0.29, 0.717) is 17.4 Å². The van der Waals surface area contributed by atoms with Crippen molar-refractivity contribution in [3.8, 4) is 11.5 Å². The lowest BCUT2D eigenvalue weighted by Crippen LogP contribution is -2.19. The second-order valence-corrected chi connectivity index (χ2v) is 6.70. The fraction of sp³-hybridized carbons (Fsp3) is 0.533. The molecule has 0 heterocycles. The highest BCUT2D eigenvalue weighted by atomic mass is 16.3. The lowest BCUT2D eigenvalue weighted by Gasteiger charge is -2.28. The molecular formula is C15H22O3. The molecule has 0 unspecified atom stereocenters. The molecule has 0 amide bonds. The Labute approximate surface area is 108 Å². The summed E-state index contributed by atoms with van der Waals surface area (Å²) in [5.74, 6) is 0.0348. The maximum Gasteiger partial charge on any atom is 0.154 e. The molecule has 0 spiro atoms. The predicted molar refractivity (Wildman–Crippen MR) is 72.6 cm³/mol. The zero-order valence-electron chi connectivity index (χ0n) is 12.0. The number of aldehydes is 1. The van der Waals surface area contributed by atoms with Crippen LogP contribution in [0.5, 0.6) is 11.5 Å². The minimum Gasteiger partial charge on any atom is -0.507 e. The monoisotopic (exact) mass is 250 g/mol. The number of carbonyl (C=O) groups excluding carboxylic acids is 1. The van der Waals surface area contributed by atoms with Gasteiger partial charge in [-0.25, -0.2) is 0 Å². The van der Waals surface area contributed by atoms with E-state index in [9.17, 15) is 15.0 Å². The van der Waals surface area contributed by atoms with Gasteiger partial charge in [-0.3, -0.25) is 4.79 Å². The van der Waals surface area contributed by atoms with Crippen LogP contribution in [0.1, 0.15) is 63.0 Å². The summed E-state index contributed by atoms with van der Waals surface area (Å²) in [5.41, 5.74) is 0.605. The molecule has 1 aromatic rings. The molecule has 0 radical (unpaired) electrons. The molecule has 0 bridgehead atoms. The molecule has 2 N–H and O–H groups in total. The highest BCUT2D eigenvalue weighted by Gasteiger charge is 2.30. The number of carbonyl (C=O) groups is 1. The van der Waals surface area contributed by atoms with Gasteiger partial charge in [-0.05, 0) is 16.9 Å². The third-order valence-corrected chi connectivity index (χ3v) is 2.99. The second kappa shape index (κ2) is 4.30. The standard InChI is InChI=1S/C15H22O3/c1-14(2,3)10-7-11(17)9(8-16)12(13(10)18)15(4,5)6/h7-8,17-18H,1-6H3. The molecule has 0 saturated carbocycles. The Morgan fingerprint density at radius 1 is 1.00 bits per heavy atom. The number of hydrogen-bond donors (Lipinski definition) is 2. The van der Waals surface area contributed by atoms with E-state index in [2.05, 4.69) is 0 Å². The Hall–Kier alpha value is -1.51. The lowest BCUT2D eigenvalue weighted by molar-refractivity contribution is 0.111. The molecule has 0 aliphatic heterocycles. The molecule has 1 aromatic carbocycles. The highest BCUT2D eigenvalue weighted by Crippen LogP contribution is 2.43. The van der Waals surface area contributed by atoms with Gasteiger partial charge in [0.2, 0.25) is 0 Å². The van der Waals surface area contributed by atoms with Gasteiger partial charge in [0.15, 0.2) is 6.29 Å². The van der Waals surface area contributed by atoms with Crippen molar-refractivity contribution in [3.63, 3.8) is 0 Å². The first-order valence-electron chi connectivity index (χ1n) is 6.05. The lowest BCUT2D eigenvalue weighted by atomic mass is 9.77. The Morgan fingerprint density at radius 3 is 1.83 bits per heavy atom. The van der Waals surface area contributed by atoms with Crippen LogP contribution in [-0.4, -0.2) is 16.5 Å². The molecule has 1 rings (SSSR count). The minimum absolute atomic E-state index is 0.0716. The van der Waals surface area contributed by atoms with Crippen LogP contribution in [-0.2, 0) is 10.8 Å². The van der Waals surface area contributed by atoms with Gasteiger partial charge >= 0.3 is 0 Å². The van der Waals surface area contributed by atoms with Gasteiger partial charge < -0.3 is 10.2 Å². The van der Waals surface area contributed by atoms with Gasteiger partial charge in [-0.2, -0.15) is 0 Å². The summed E-state index contributed by atoms with van der Waals surface area (Å²) in [6.07, 6.45) is 0.599. The summed E-state index contributed by atoms with van der Waals surface area (Å²) < 4.78 is 0. The predicted octanol–water partition coefficient (Wildman–Crippen LogP) is 3.51. The molecular weight excluding hydrogens is 228 g/mol. The highest BCUT2D eigenvalue weighted by molar-refractivity contribution is 5.84. The van der Waals surface area contributed by atoms with E-state index in [1.54, 1.807) is 0 Å². The summed E-state index contributed by atoms with van der Waals surface area (Å²) in [5, 5.41) is 20.4. The molecule has 0 saturated heterocycles. The Kier molecular flexibility index (Phi) is 3.48. The molecule has 3 nitrogen and oxygen atoms in total. The maximum atomic E-state index is 11.1. The third-order valence-electron chi connectivity index (χ3n) is 2.99. The average molecular weight is 250 g/mol. The van der Waals surface area contributed by atoms with Crippen LogP contribution in [0.2, 0.25) is 0 Å². The normalized spacial score (nSPS) is 12.6. The summed E-state index contributed by atoms with van der Waals surface area (Å²) in [7, 11) is 0. The number of phenolic OH excluding ortho intramolecular Hbond substituents is 2. The molecule has 0 atom stereocenters. The van der Waals surface area contributed by atoms with E-state index < -0.39 is 5.41 Å². The maximum absolute atomic E-state index is 11.1. The van der Waals surface area contributed by atoms with Crippen LogP contribution >= 0.6 is 0 Å². The van der Waals surface area contributed by atoms with Crippen LogP contribution in [0.15, 0.2) is 6.07 Å². The van der Waals surface area contributed by atoms with E-state index in [1.165, 1.54) is 6.07 Å². The van der Waals surface area contributed by atoms with Crippen LogP contribution in [0, 0.1) is 0 Å². The number of hydrogen-bond acceptors (Lipinski definition) is 3. The first-order valence-corrected chi connectivity index (χ1v) is 6.05. The number of phenols is 2. The smallest absolute Gasteiger partial charge is 0.154 e. The number of rotatable bonds is 1. The summed E-state index contributed by atoms with van der Waals surface area (Å²) in [6.45, 7) is 11.6. The van der Waals surface area contributed by atoms with E-state index in [0.717, 1.165) is 0 Å². The summed E-state index contributed by atoms with van der Waals surface area (Å²) in [4.78, 5) is 11.1. The third kappa shape index (κ3) is 2.50. The number of aromatic hydroxyl groups is 2. The largest absolute Gasteiger partial charge is 0.507 e. The van der Waals surface area contributed by atoms with Gasteiger partial charge in [0.05, 0.1) is 5.56 Å². The topological polar surface area (TPSA) is 57.5 Å². The molecule has 3 heteroatoms. The van der Waals surface area contributed by atoms with E-state index in [-0.39, 0.29) is 22.5 Å². The van der Waals surface area contributed by atoms with Gasteiger partial charge in [0, 0.05) is 11.1 Å². The van der Waals surface area contributed by atoms with Crippen LogP contribution in [0.4, 0.5) is 0 Å². The van der Waals surface area contributed by atoms with Crippen LogP contribution in [0.3, 0.4) is 0 Å². The Morgan fingerprint density at radius 2 is 1.50 bits per heavy atom. The van der Waals surface area contributed by atoms with Crippen LogP contribution < -0.4 is 0 Å². The van der Waals surface area contributed by atoms with Crippen molar-refractivity contribution in [3.05, 3.63) is 22.8 Å². The fourth-order valence-electron chi connectivity index (χ4n) is 2.12. The molecule has 18 heavy (non-hydrogen) atoms. The quantitative estimate of drug-likeness (QED) is 0.592.